The van der Waals surface area contributed by atoms with Crippen molar-refractivity contribution < 1.29 is 9.59 Å². The Morgan fingerprint density at radius 3 is 2.40 bits per heavy atom. The van der Waals surface area contributed by atoms with Crippen molar-refractivity contribution >= 4 is 34.4 Å². The molecule has 0 fully saturated rings. The smallest absolute Gasteiger partial charge is 0.263 e. The van der Waals surface area contributed by atoms with E-state index in [1.54, 1.807) is 13.0 Å². The molecule has 0 spiro atoms. The number of benzene rings is 1. The molecule has 2 heterocycles. The van der Waals surface area contributed by atoms with E-state index < -0.39 is 0 Å². The predicted octanol–water partition coefficient (Wildman–Crippen LogP) is 2.89. The van der Waals surface area contributed by atoms with Crippen LogP contribution in [0.3, 0.4) is 0 Å². The number of carbonyl (C=O) groups excluding carboxylic acids is 2. The minimum atomic E-state index is -0.274. The third-order valence-electron chi connectivity index (χ3n) is 3.39. The lowest BCUT2D eigenvalue weighted by molar-refractivity contribution is 0.0693. The van der Waals surface area contributed by atoms with Crippen LogP contribution in [-0.2, 0) is 0 Å². The number of hydrogen-bond donors (Lipinski definition) is 0. The van der Waals surface area contributed by atoms with E-state index in [4.69, 9.17) is 0 Å². The van der Waals surface area contributed by atoms with Gasteiger partial charge in [0.25, 0.3) is 11.8 Å². The fourth-order valence-electron chi connectivity index (χ4n) is 2.32. The van der Waals surface area contributed by atoms with Crippen molar-refractivity contribution in [2.75, 3.05) is 7.05 Å². The van der Waals surface area contributed by atoms with Gasteiger partial charge in [-0.05, 0) is 47.7 Å². The van der Waals surface area contributed by atoms with Crippen LogP contribution >= 0.6 is 22.6 Å². The summed E-state index contributed by atoms with van der Waals surface area (Å²) in [6, 6.07) is 9.59. The summed E-state index contributed by atoms with van der Waals surface area (Å²) in [4.78, 5) is 29.7. The van der Waals surface area contributed by atoms with E-state index in [1.165, 1.54) is 7.05 Å². The second kappa shape index (κ2) is 4.66. The highest BCUT2D eigenvalue weighted by Crippen LogP contribution is 2.28. The Hall–Kier alpha value is -1.76. The van der Waals surface area contributed by atoms with E-state index in [9.17, 15) is 9.59 Å². The summed E-state index contributed by atoms with van der Waals surface area (Å²) < 4.78 is 1.13. The van der Waals surface area contributed by atoms with Gasteiger partial charge in [0, 0.05) is 16.2 Å². The molecule has 1 aromatic heterocycles. The molecular formula is C15H11IN2O2. The van der Waals surface area contributed by atoms with Crippen LogP contribution in [0.5, 0.6) is 0 Å². The molecule has 0 unspecified atom stereocenters. The van der Waals surface area contributed by atoms with Gasteiger partial charge in [-0.1, -0.05) is 12.1 Å². The molecule has 0 aliphatic carbocycles. The van der Waals surface area contributed by atoms with Crippen LogP contribution in [0.15, 0.2) is 30.3 Å². The summed E-state index contributed by atoms with van der Waals surface area (Å²) in [5, 5.41) is 0. The zero-order valence-corrected chi connectivity index (χ0v) is 13.1. The van der Waals surface area contributed by atoms with E-state index >= 15 is 0 Å². The van der Waals surface area contributed by atoms with Crippen molar-refractivity contribution in [1.82, 2.24) is 9.88 Å². The second-order valence-electron chi connectivity index (χ2n) is 4.69. The third-order valence-corrected chi connectivity index (χ3v) is 4.11. The Morgan fingerprint density at radius 2 is 1.75 bits per heavy atom. The van der Waals surface area contributed by atoms with E-state index in [0.29, 0.717) is 22.5 Å². The molecule has 0 bridgehead atoms. The summed E-state index contributed by atoms with van der Waals surface area (Å²) in [6.07, 6.45) is 0. The highest BCUT2D eigenvalue weighted by Gasteiger charge is 2.35. The Balaban J connectivity index is 2.18. The first-order chi connectivity index (χ1) is 9.49. The monoisotopic (exact) mass is 378 g/mol. The Kier molecular flexibility index (Phi) is 3.08. The Labute approximate surface area is 130 Å². The summed E-state index contributed by atoms with van der Waals surface area (Å²) in [7, 11) is 1.49. The number of carbonyl (C=O) groups is 2. The molecule has 100 valence electrons. The van der Waals surface area contributed by atoms with Crippen LogP contribution in [0.2, 0.25) is 0 Å². The summed E-state index contributed by atoms with van der Waals surface area (Å²) >= 11 is 2.23. The van der Waals surface area contributed by atoms with Gasteiger partial charge in [0.1, 0.15) is 0 Å². The van der Waals surface area contributed by atoms with Gasteiger partial charge in [-0.25, -0.2) is 0 Å². The third kappa shape index (κ3) is 1.93. The fraction of sp³-hybridized carbons (Fsp3) is 0.133. The van der Waals surface area contributed by atoms with Crippen LogP contribution < -0.4 is 0 Å². The number of aromatic nitrogens is 1. The maximum Gasteiger partial charge on any atom is 0.263 e. The number of rotatable bonds is 1. The number of fused-ring (bicyclic) bond motifs is 1. The molecule has 5 heteroatoms. The van der Waals surface area contributed by atoms with Gasteiger partial charge in [0.15, 0.2) is 0 Å². The molecule has 2 aromatic rings. The first kappa shape index (κ1) is 13.2. The fourth-order valence-corrected chi connectivity index (χ4v) is 2.68. The number of hydrogen-bond acceptors (Lipinski definition) is 3. The zero-order valence-electron chi connectivity index (χ0n) is 11.0. The van der Waals surface area contributed by atoms with Crippen LogP contribution in [0.4, 0.5) is 0 Å². The normalized spacial score (nSPS) is 13.8. The topological polar surface area (TPSA) is 50.3 Å². The average Bonchev–Trinajstić information content (AvgIpc) is 2.65. The number of pyridine rings is 1. The molecule has 2 amide bonds. The van der Waals surface area contributed by atoms with Crippen molar-refractivity contribution in [3.63, 3.8) is 0 Å². The van der Waals surface area contributed by atoms with Crippen molar-refractivity contribution in [3.8, 4) is 11.3 Å². The van der Waals surface area contributed by atoms with Gasteiger partial charge in [-0.15, -0.1) is 0 Å². The molecule has 0 atom stereocenters. The van der Waals surface area contributed by atoms with E-state index in [-0.39, 0.29) is 11.8 Å². The molecule has 3 rings (SSSR count). The number of halogens is 1. The zero-order chi connectivity index (χ0) is 14.4. The number of aryl methyl sites for hydroxylation is 1. The van der Waals surface area contributed by atoms with Gasteiger partial charge < -0.3 is 0 Å². The van der Waals surface area contributed by atoms with Crippen LogP contribution in [-0.4, -0.2) is 28.7 Å². The van der Waals surface area contributed by atoms with Crippen LogP contribution in [0.25, 0.3) is 11.3 Å². The van der Waals surface area contributed by atoms with Crippen molar-refractivity contribution in [2.24, 2.45) is 0 Å². The maximum atomic E-state index is 12.1. The molecule has 0 saturated carbocycles. The molecule has 20 heavy (non-hydrogen) atoms. The quantitative estimate of drug-likeness (QED) is 0.567. The lowest BCUT2D eigenvalue weighted by Crippen LogP contribution is -2.24. The molecule has 0 N–H and O–H groups in total. The summed E-state index contributed by atoms with van der Waals surface area (Å²) in [5.74, 6) is -0.536. The number of imide groups is 1. The molecule has 0 saturated heterocycles. The van der Waals surface area contributed by atoms with Crippen LogP contribution in [0, 0.1) is 10.5 Å². The van der Waals surface area contributed by atoms with E-state index in [2.05, 4.69) is 27.6 Å². The summed E-state index contributed by atoms with van der Waals surface area (Å²) in [6.45, 7) is 1.76. The van der Waals surface area contributed by atoms with Crippen LogP contribution in [0.1, 0.15) is 26.4 Å². The SMILES string of the molecule is Cc1nc(-c2ccc(I)cc2)cc2c1C(=O)N(C)C2=O. The number of amides is 2. The lowest BCUT2D eigenvalue weighted by Gasteiger charge is -2.05. The summed E-state index contributed by atoms with van der Waals surface area (Å²) in [5.41, 5.74) is 3.12. The first-order valence-electron chi connectivity index (χ1n) is 6.09. The molecule has 1 aliphatic heterocycles. The van der Waals surface area contributed by atoms with E-state index in [1.807, 2.05) is 24.3 Å². The highest BCUT2D eigenvalue weighted by molar-refractivity contribution is 14.1. The Morgan fingerprint density at radius 1 is 1.10 bits per heavy atom. The minimum Gasteiger partial charge on any atom is -0.277 e. The van der Waals surface area contributed by atoms with Crippen molar-refractivity contribution in [2.45, 2.75) is 6.92 Å². The van der Waals surface area contributed by atoms with E-state index in [0.717, 1.165) is 14.0 Å². The molecule has 4 nitrogen and oxygen atoms in total. The Bertz CT molecular complexity index is 738. The minimum absolute atomic E-state index is 0.262. The van der Waals surface area contributed by atoms with Gasteiger partial charge in [0.05, 0.1) is 22.5 Å². The predicted molar refractivity (Wildman–Crippen MR) is 83.6 cm³/mol. The highest BCUT2D eigenvalue weighted by atomic mass is 127. The average molecular weight is 378 g/mol. The van der Waals surface area contributed by atoms with Gasteiger partial charge in [-0.2, -0.15) is 0 Å². The largest absolute Gasteiger partial charge is 0.277 e. The second-order valence-corrected chi connectivity index (χ2v) is 5.94. The van der Waals surface area contributed by atoms with Gasteiger partial charge >= 0.3 is 0 Å². The molecular weight excluding hydrogens is 367 g/mol. The molecule has 0 radical (unpaired) electrons. The molecule has 1 aromatic carbocycles. The molecule has 1 aliphatic rings. The van der Waals surface area contributed by atoms with Crippen molar-refractivity contribution in [3.05, 3.63) is 50.7 Å². The first-order valence-corrected chi connectivity index (χ1v) is 7.17. The number of nitrogens with zero attached hydrogens (tertiary/aromatic N) is 2. The van der Waals surface area contributed by atoms with Gasteiger partial charge in [0.2, 0.25) is 0 Å². The van der Waals surface area contributed by atoms with Gasteiger partial charge in [-0.3, -0.25) is 19.5 Å². The standard InChI is InChI=1S/C15H11IN2O2/c1-8-13-11(14(19)18(2)15(13)20)7-12(17-8)9-3-5-10(16)6-4-9/h3-7H,1-2H3. The lowest BCUT2D eigenvalue weighted by atomic mass is 10.0. The maximum absolute atomic E-state index is 12.1. The van der Waals surface area contributed by atoms with Crippen molar-refractivity contribution in [1.29, 1.82) is 0 Å².